The maximum atomic E-state index is 12.9. The second-order valence-electron chi connectivity index (χ2n) is 8.65. The number of amides is 1. The fraction of sp³-hybridized carbons (Fsp3) is 0.346. The largest absolute Gasteiger partial charge is 0.373 e. The van der Waals surface area contributed by atoms with E-state index in [4.69, 9.17) is 4.74 Å². The van der Waals surface area contributed by atoms with Crippen LogP contribution in [0.15, 0.2) is 65.5 Å². The lowest BCUT2D eigenvalue weighted by Gasteiger charge is -2.35. The molecule has 1 N–H and O–H groups in total. The molecule has 1 aromatic heterocycles. The molecule has 1 aliphatic heterocycles. The zero-order valence-corrected chi connectivity index (χ0v) is 19.3. The lowest BCUT2D eigenvalue weighted by atomic mass is 10.1. The van der Waals surface area contributed by atoms with Gasteiger partial charge in [-0.1, -0.05) is 42.5 Å². The van der Waals surface area contributed by atoms with Gasteiger partial charge in [0.2, 0.25) is 5.43 Å². The monoisotopic (exact) mass is 446 g/mol. The van der Waals surface area contributed by atoms with Crippen molar-refractivity contribution in [3.05, 3.63) is 93.4 Å². The molecular formula is C26H30N4O3. The molecule has 2 atom stereocenters. The molecule has 0 aliphatic carbocycles. The zero-order chi connectivity index (χ0) is 23.4. The second kappa shape index (κ2) is 10.1. The number of carbonyl (C=O) groups is 1. The van der Waals surface area contributed by atoms with E-state index in [2.05, 4.69) is 35.2 Å². The quantitative estimate of drug-likeness (QED) is 0.630. The van der Waals surface area contributed by atoms with Crippen LogP contribution in [0.5, 0.6) is 0 Å². The van der Waals surface area contributed by atoms with Crippen molar-refractivity contribution < 1.29 is 9.53 Å². The van der Waals surface area contributed by atoms with Crippen LogP contribution in [-0.4, -0.2) is 45.9 Å². The van der Waals surface area contributed by atoms with Crippen molar-refractivity contribution in [2.75, 3.05) is 13.1 Å². The van der Waals surface area contributed by atoms with Gasteiger partial charge in [-0.25, -0.2) is 4.68 Å². The van der Waals surface area contributed by atoms with E-state index in [9.17, 15) is 9.59 Å². The van der Waals surface area contributed by atoms with Crippen LogP contribution in [0, 0.1) is 6.92 Å². The fourth-order valence-electron chi connectivity index (χ4n) is 4.33. The number of nitrogens with zero attached hydrogens (tertiary/aromatic N) is 3. The van der Waals surface area contributed by atoms with E-state index in [0.29, 0.717) is 12.2 Å². The summed E-state index contributed by atoms with van der Waals surface area (Å²) >= 11 is 0. The maximum Gasteiger partial charge on any atom is 0.276 e. The summed E-state index contributed by atoms with van der Waals surface area (Å²) in [4.78, 5) is 27.8. The minimum Gasteiger partial charge on any atom is -0.373 e. The van der Waals surface area contributed by atoms with Crippen LogP contribution in [0.3, 0.4) is 0 Å². The Morgan fingerprint density at radius 3 is 2.36 bits per heavy atom. The van der Waals surface area contributed by atoms with Crippen LogP contribution in [0.2, 0.25) is 0 Å². The molecule has 2 aromatic carbocycles. The summed E-state index contributed by atoms with van der Waals surface area (Å²) in [6, 6.07) is 19.0. The number of ether oxygens (including phenoxy) is 1. The Balaban J connectivity index is 1.49. The summed E-state index contributed by atoms with van der Waals surface area (Å²) in [7, 11) is 0. The number of rotatable bonds is 6. The molecule has 2 heterocycles. The Hall–Kier alpha value is -3.29. The predicted octanol–water partition coefficient (Wildman–Crippen LogP) is 3.08. The molecular weight excluding hydrogens is 416 g/mol. The van der Waals surface area contributed by atoms with Gasteiger partial charge in [-0.3, -0.25) is 14.5 Å². The van der Waals surface area contributed by atoms with Crippen molar-refractivity contribution in [3.8, 4) is 5.69 Å². The first-order valence-electron chi connectivity index (χ1n) is 11.3. The van der Waals surface area contributed by atoms with Crippen LogP contribution in [0.1, 0.15) is 41.2 Å². The summed E-state index contributed by atoms with van der Waals surface area (Å²) in [6.45, 7) is 8.83. The van der Waals surface area contributed by atoms with Gasteiger partial charge in [-0.2, -0.15) is 5.10 Å². The fourth-order valence-corrected chi connectivity index (χ4v) is 4.33. The first-order chi connectivity index (χ1) is 15.9. The summed E-state index contributed by atoms with van der Waals surface area (Å²) in [5.74, 6) is -0.479. The van der Waals surface area contributed by atoms with E-state index in [1.165, 1.54) is 6.07 Å². The van der Waals surface area contributed by atoms with Crippen molar-refractivity contribution in [2.45, 2.75) is 46.1 Å². The van der Waals surface area contributed by atoms with Crippen LogP contribution in [0.25, 0.3) is 5.69 Å². The van der Waals surface area contributed by atoms with Gasteiger partial charge in [-0.05, 0) is 44.0 Å². The number of hydrogen-bond acceptors (Lipinski definition) is 5. The topological polar surface area (TPSA) is 76.5 Å². The Morgan fingerprint density at radius 1 is 1.03 bits per heavy atom. The first-order valence-corrected chi connectivity index (χ1v) is 11.3. The lowest BCUT2D eigenvalue weighted by Crippen LogP contribution is -2.45. The molecule has 1 fully saturated rings. The summed E-state index contributed by atoms with van der Waals surface area (Å²) in [5.41, 5.74) is 3.13. The van der Waals surface area contributed by atoms with Gasteiger partial charge in [-0.15, -0.1) is 0 Å². The number of hydrogen-bond donors (Lipinski definition) is 1. The van der Waals surface area contributed by atoms with Crippen molar-refractivity contribution in [1.29, 1.82) is 0 Å². The van der Waals surface area contributed by atoms with Gasteiger partial charge in [0.25, 0.3) is 5.91 Å². The third-order valence-electron chi connectivity index (χ3n) is 5.77. The number of benzene rings is 2. The first kappa shape index (κ1) is 22.9. The van der Waals surface area contributed by atoms with Crippen LogP contribution in [-0.2, 0) is 17.8 Å². The van der Waals surface area contributed by atoms with Gasteiger partial charge in [0.15, 0.2) is 5.69 Å². The highest BCUT2D eigenvalue weighted by atomic mass is 16.5. The van der Waals surface area contributed by atoms with E-state index in [1.54, 1.807) is 11.6 Å². The van der Waals surface area contributed by atoms with E-state index in [1.807, 2.05) is 48.5 Å². The van der Waals surface area contributed by atoms with Crippen molar-refractivity contribution in [2.24, 2.45) is 0 Å². The molecule has 172 valence electrons. The minimum atomic E-state index is -0.479. The molecule has 1 amide bonds. The molecule has 1 saturated heterocycles. The maximum absolute atomic E-state index is 12.9. The van der Waals surface area contributed by atoms with E-state index in [0.717, 1.165) is 36.4 Å². The highest BCUT2D eigenvalue weighted by Gasteiger charge is 2.23. The van der Waals surface area contributed by atoms with Gasteiger partial charge >= 0.3 is 0 Å². The number of morpholine rings is 1. The Morgan fingerprint density at radius 2 is 1.67 bits per heavy atom. The highest BCUT2D eigenvalue weighted by molar-refractivity contribution is 5.92. The molecule has 0 radical (unpaired) electrons. The normalized spacial score (nSPS) is 18.8. The van der Waals surface area contributed by atoms with Crippen molar-refractivity contribution in [3.63, 3.8) is 0 Å². The third-order valence-corrected chi connectivity index (χ3v) is 5.77. The molecule has 4 rings (SSSR count). The standard InChI is InChI=1S/C26H30N4O3/c1-18-13-24(31)25(28-30(18)23-11-5-4-6-12-23)26(32)27-14-21-9-7-8-10-22(21)17-29-15-19(2)33-20(3)16-29/h4-13,19-20H,14-17H2,1-3H3,(H,27,32). The SMILES string of the molecule is Cc1cc(=O)c(C(=O)NCc2ccccc2CN2CC(C)OC(C)C2)nn1-c1ccccc1. The van der Waals surface area contributed by atoms with Crippen LogP contribution in [0.4, 0.5) is 0 Å². The Kier molecular flexibility index (Phi) is 7.01. The molecule has 2 unspecified atom stereocenters. The van der Waals surface area contributed by atoms with E-state index in [-0.39, 0.29) is 23.3 Å². The zero-order valence-electron chi connectivity index (χ0n) is 19.3. The van der Waals surface area contributed by atoms with Crippen LogP contribution < -0.4 is 10.7 Å². The molecule has 1 aliphatic rings. The summed E-state index contributed by atoms with van der Waals surface area (Å²) in [6.07, 6.45) is 0.389. The average Bonchev–Trinajstić information content (AvgIpc) is 2.78. The van der Waals surface area contributed by atoms with Gasteiger partial charge in [0, 0.05) is 37.9 Å². The predicted molar refractivity (Wildman–Crippen MR) is 127 cm³/mol. The number of para-hydroxylation sites is 1. The Labute approximate surface area is 194 Å². The number of nitrogens with one attached hydrogen (secondary N) is 1. The molecule has 0 spiro atoms. The lowest BCUT2D eigenvalue weighted by molar-refractivity contribution is -0.0705. The van der Waals surface area contributed by atoms with Gasteiger partial charge in [0.1, 0.15) is 0 Å². The van der Waals surface area contributed by atoms with E-state index >= 15 is 0 Å². The molecule has 33 heavy (non-hydrogen) atoms. The molecule has 3 aromatic rings. The number of aromatic nitrogens is 2. The van der Waals surface area contributed by atoms with Gasteiger partial charge in [0.05, 0.1) is 17.9 Å². The molecule has 0 saturated carbocycles. The van der Waals surface area contributed by atoms with Crippen LogP contribution >= 0.6 is 0 Å². The van der Waals surface area contributed by atoms with Crippen molar-refractivity contribution >= 4 is 5.91 Å². The molecule has 7 nitrogen and oxygen atoms in total. The molecule has 0 bridgehead atoms. The summed E-state index contributed by atoms with van der Waals surface area (Å²) in [5, 5.41) is 7.25. The average molecular weight is 447 g/mol. The third kappa shape index (κ3) is 5.56. The van der Waals surface area contributed by atoms with E-state index < -0.39 is 5.91 Å². The highest BCUT2D eigenvalue weighted by Crippen LogP contribution is 2.17. The minimum absolute atomic E-state index is 0.113. The second-order valence-corrected chi connectivity index (χ2v) is 8.65. The number of carbonyl (C=O) groups excluding carboxylic acids is 1. The molecule has 7 heteroatoms. The smallest absolute Gasteiger partial charge is 0.276 e. The summed E-state index contributed by atoms with van der Waals surface area (Å²) < 4.78 is 7.45. The number of aryl methyl sites for hydroxylation is 1. The van der Waals surface area contributed by atoms with Gasteiger partial charge < -0.3 is 10.1 Å². The van der Waals surface area contributed by atoms with Crippen molar-refractivity contribution in [1.82, 2.24) is 20.0 Å². The Bertz CT molecular complexity index is 1170.